The molecule has 2 aromatic heterocycles. The van der Waals surface area contributed by atoms with Gasteiger partial charge < -0.3 is 10.5 Å². The van der Waals surface area contributed by atoms with Crippen LogP contribution in [-0.4, -0.2) is 29.5 Å². The maximum atomic E-state index is 13.3. The molecule has 3 aromatic rings. The van der Waals surface area contributed by atoms with E-state index in [-0.39, 0.29) is 11.3 Å². The van der Waals surface area contributed by atoms with Crippen molar-refractivity contribution in [3.8, 4) is 0 Å². The number of thiophene rings is 1. The molecule has 0 radical (unpaired) electrons. The van der Waals surface area contributed by atoms with Crippen LogP contribution in [0.2, 0.25) is 0 Å². The van der Waals surface area contributed by atoms with Crippen LogP contribution in [0.15, 0.2) is 41.8 Å². The van der Waals surface area contributed by atoms with Gasteiger partial charge in [-0.1, -0.05) is 45.0 Å². The number of ether oxygens (including phenoxy) is 1. The lowest BCUT2D eigenvalue weighted by Crippen LogP contribution is -2.38. The molecule has 7 nitrogen and oxygen atoms in total. The van der Waals surface area contributed by atoms with Crippen molar-refractivity contribution in [3.63, 3.8) is 0 Å². The number of benzene rings is 1. The van der Waals surface area contributed by atoms with Crippen molar-refractivity contribution in [2.45, 2.75) is 33.6 Å². The van der Waals surface area contributed by atoms with Gasteiger partial charge in [-0.05, 0) is 58.9 Å². The summed E-state index contributed by atoms with van der Waals surface area (Å²) >= 11 is 1.65. The molecule has 1 aliphatic rings. The van der Waals surface area contributed by atoms with Gasteiger partial charge in [0.25, 0.3) is 5.91 Å². The van der Waals surface area contributed by atoms with Crippen LogP contribution in [0.5, 0.6) is 0 Å². The number of fused-ring (bicyclic) bond motifs is 2. The van der Waals surface area contributed by atoms with E-state index >= 15 is 0 Å². The Balaban J connectivity index is 1.85. The lowest BCUT2D eigenvalue weighted by Gasteiger charge is -2.36. The molecule has 0 unspecified atom stereocenters. The van der Waals surface area contributed by atoms with Crippen molar-refractivity contribution in [2.75, 3.05) is 6.61 Å². The Morgan fingerprint density at radius 1 is 1.18 bits per heavy atom. The number of allylic oxidation sites excluding steroid dienone is 1. The van der Waals surface area contributed by atoms with E-state index in [1.54, 1.807) is 11.3 Å². The van der Waals surface area contributed by atoms with Gasteiger partial charge in [0, 0.05) is 10.3 Å². The number of urea groups is 1. The van der Waals surface area contributed by atoms with E-state index in [2.05, 4.69) is 32.9 Å². The molecule has 0 saturated carbocycles. The smallest absolute Gasteiger partial charge is 0.339 e. The topological polar surface area (TPSA) is 111 Å². The van der Waals surface area contributed by atoms with Gasteiger partial charge >= 0.3 is 12.0 Å². The second-order valence-corrected chi connectivity index (χ2v) is 10.5. The van der Waals surface area contributed by atoms with E-state index in [1.807, 2.05) is 41.0 Å². The first kappa shape index (κ1) is 23.6. The van der Waals surface area contributed by atoms with Gasteiger partial charge in [-0.3, -0.25) is 10.1 Å². The molecule has 4 rings (SSSR count). The molecular weight excluding hydrogens is 450 g/mol. The molecule has 0 bridgehead atoms. The summed E-state index contributed by atoms with van der Waals surface area (Å²) in [6.45, 7) is 6.00. The van der Waals surface area contributed by atoms with Crippen LogP contribution in [0.4, 0.5) is 4.79 Å². The minimum Gasteiger partial charge on any atom is -0.452 e. The lowest BCUT2D eigenvalue weighted by atomic mass is 9.69. The number of carbonyl (C=O) groups excluding carboxylic acids is 3. The number of pyridine rings is 1. The van der Waals surface area contributed by atoms with E-state index in [4.69, 9.17) is 15.5 Å². The van der Waals surface area contributed by atoms with E-state index in [0.29, 0.717) is 22.9 Å². The average Bonchev–Trinajstić information content (AvgIpc) is 3.28. The van der Waals surface area contributed by atoms with Crippen molar-refractivity contribution in [1.29, 1.82) is 0 Å². The fraction of sp³-hybridized carbons (Fsp3) is 0.308. The highest BCUT2D eigenvalue weighted by atomic mass is 32.1. The number of imide groups is 1. The van der Waals surface area contributed by atoms with Gasteiger partial charge in [-0.15, -0.1) is 11.3 Å². The van der Waals surface area contributed by atoms with Crippen molar-refractivity contribution >= 4 is 51.8 Å². The minimum absolute atomic E-state index is 0.000420. The monoisotopic (exact) mass is 477 g/mol. The first-order valence-electron chi connectivity index (χ1n) is 11.1. The molecule has 34 heavy (non-hydrogen) atoms. The number of hydrogen-bond donors (Lipinski definition) is 2. The summed E-state index contributed by atoms with van der Waals surface area (Å²) in [5.41, 5.74) is 8.77. The molecule has 8 heteroatoms. The SMILES string of the molecule is CC(C)(C)[C@@H]1C/C(=C/c2cccs2)c2nc3ccccc3c(C(=O)OCC(=O)NC(N)=O)c2C1. The van der Waals surface area contributed by atoms with Crippen molar-refractivity contribution in [2.24, 2.45) is 17.1 Å². The second kappa shape index (κ2) is 9.38. The summed E-state index contributed by atoms with van der Waals surface area (Å²) in [4.78, 5) is 42.2. The van der Waals surface area contributed by atoms with Gasteiger partial charge in [0.05, 0.1) is 16.8 Å². The fourth-order valence-electron chi connectivity index (χ4n) is 4.29. The number of nitrogens with one attached hydrogen (secondary N) is 1. The number of amides is 3. The van der Waals surface area contributed by atoms with Crippen molar-refractivity contribution in [3.05, 3.63) is 63.5 Å². The molecule has 0 fully saturated rings. The molecule has 3 N–H and O–H groups in total. The van der Waals surface area contributed by atoms with Crippen molar-refractivity contribution < 1.29 is 19.1 Å². The highest BCUT2D eigenvalue weighted by Gasteiger charge is 2.35. The number of para-hydroxylation sites is 1. The summed E-state index contributed by atoms with van der Waals surface area (Å²) in [6.07, 6.45) is 3.66. The molecule has 1 aromatic carbocycles. The Hall–Kier alpha value is -3.52. The number of rotatable bonds is 4. The zero-order valence-electron chi connectivity index (χ0n) is 19.4. The molecule has 0 spiro atoms. The third kappa shape index (κ3) is 5.02. The van der Waals surface area contributed by atoms with E-state index < -0.39 is 24.5 Å². The second-order valence-electron chi connectivity index (χ2n) is 9.48. The first-order valence-corrected chi connectivity index (χ1v) is 11.9. The Labute approximate surface area is 202 Å². The van der Waals surface area contributed by atoms with Gasteiger partial charge in [-0.25, -0.2) is 14.6 Å². The number of esters is 1. The number of carbonyl (C=O) groups is 3. The van der Waals surface area contributed by atoms with Crippen LogP contribution < -0.4 is 11.1 Å². The zero-order valence-corrected chi connectivity index (χ0v) is 20.2. The molecule has 176 valence electrons. The number of nitrogens with two attached hydrogens (primary N) is 1. The number of aromatic nitrogens is 1. The molecule has 0 aliphatic heterocycles. The molecule has 1 atom stereocenters. The Morgan fingerprint density at radius 3 is 2.62 bits per heavy atom. The van der Waals surface area contributed by atoms with Crippen LogP contribution in [0, 0.1) is 11.3 Å². The third-order valence-corrected chi connectivity index (χ3v) is 6.92. The Kier molecular flexibility index (Phi) is 6.52. The molecular formula is C26H27N3O4S. The maximum Gasteiger partial charge on any atom is 0.339 e. The molecule has 0 saturated heterocycles. The summed E-state index contributed by atoms with van der Waals surface area (Å²) in [6, 6.07) is 10.5. The normalized spacial score (nSPS) is 16.8. The van der Waals surface area contributed by atoms with Gasteiger partial charge in [0.1, 0.15) is 0 Å². The molecule has 3 amide bonds. The van der Waals surface area contributed by atoms with E-state index in [1.165, 1.54) is 0 Å². The lowest BCUT2D eigenvalue weighted by molar-refractivity contribution is -0.123. The highest BCUT2D eigenvalue weighted by Crippen LogP contribution is 2.45. The summed E-state index contributed by atoms with van der Waals surface area (Å²) < 4.78 is 5.32. The summed E-state index contributed by atoms with van der Waals surface area (Å²) in [7, 11) is 0. The quantitative estimate of drug-likeness (QED) is 0.525. The summed E-state index contributed by atoms with van der Waals surface area (Å²) in [5, 5.41) is 4.62. The predicted molar refractivity (Wildman–Crippen MR) is 133 cm³/mol. The number of hydrogen-bond acceptors (Lipinski definition) is 6. The van der Waals surface area contributed by atoms with Crippen LogP contribution in [-0.2, 0) is 16.0 Å². The summed E-state index contributed by atoms with van der Waals surface area (Å²) in [5.74, 6) is -1.13. The van der Waals surface area contributed by atoms with E-state index in [9.17, 15) is 14.4 Å². The van der Waals surface area contributed by atoms with Crippen LogP contribution >= 0.6 is 11.3 Å². The van der Waals surface area contributed by atoms with Gasteiger partial charge in [0.2, 0.25) is 0 Å². The molecule has 1 aliphatic carbocycles. The first-order chi connectivity index (χ1) is 16.1. The molecule has 2 heterocycles. The Morgan fingerprint density at radius 2 is 1.94 bits per heavy atom. The Bertz CT molecular complexity index is 1290. The van der Waals surface area contributed by atoms with Crippen LogP contribution in [0.3, 0.4) is 0 Å². The maximum absolute atomic E-state index is 13.3. The average molecular weight is 478 g/mol. The largest absolute Gasteiger partial charge is 0.452 e. The van der Waals surface area contributed by atoms with Gasteiger partial charge in [-0.2, -0.15) is 0 Å². The third-order valence-electron chi connectivity index (χ3n) is 6.10. The number of primary amides is 1. The zero-order chi connectivity index (χ0) is 24.5. The van der Waals surface area contributed by atoms with Crippen LogP contribution in [0.1, 0.15) is 53.7 Å². The van der Waals surface area contributed by atoms with Gasteiger partial charge in [0.15, 0.2) is 6.61 Å². The number of nitrogens with zero attached hydrogens (tertiary/aromatic N) is 1. The van der Waals surface area contributed by atoms with E-state index in [0.717, 1.165) is 28.1 Å². The highest BCUT2D eigenvalue weighted by molar-refractivity contribution is 7.10. The standard InChI is InChI=1S/C26H27N3O4S/c1-26(2,3)16-11-15(12-17-7-6-10-34-17)23-19(13-16)22(18-8-4-5-9-20(18)28-23)24(31)33-14-21(30)29-25(27)32/h4-10,12,16H,11,13-14H2,1-3H3,(H3,27,29,30,32)/b15-12-/t16-/m1/s1. The van der Waals surface area contributed by atoms with Crippen LogP contribution in [0.25, 0.3) is 22.6 Å². The van der Waals surface area contributed by atoms with Crippen molar-refractivity contribution in [1.82, 2.24) is 10.3 Å². The fourth-order valence-corrected chi connectivity index (χ4v) is 4.97. The predicted octanol–water partition coefficient (Wildman–Crippen LogP) is 4.80. The minimum atomic E-state index is -0.996.